The Morgan fingerprint density at radius 2 is 1.71 bits per heavy atom. The number of fused-ring (bicyclic) bond motifs is 1. The van der Waals surface area contributed by atoms with E-state index in [1.54, 1.807) is 28.8 Å². The molecule has 1 heterocycles. The van der Waals surface area contributed by atoms with Crippen molar-refractivity contribution in [2.45, 2.75) is 27.3 Å². The van der Waals surface area contributed by atoms with Gasteiger partial charge >= 0.3 is 5.97 Å². The smallest absolute Gasteiger partial charge is 0.325 e. The molecule has 3 aromatic rings. The molecule has 1 amide bonds. The Morgan fingerprint density at radius 1 is 1.07 bits per heavy atom. The molecule has 0 aliphatic heterocycles. The van der Waals surface area contributed by atoms with Crippen LogP contribution in [0, 0.1) is 13.8 Å². The minimum atomic E-state index is -0.436. The third kappa shape index (κ3) is 3.94. The van der Waals surface area contributed by atoms with Crippen LogP contribution in [-0.2, 0) is 16.1 Å². The molecule has 0 saturated heterocycles. The number of thiazole rings is 1. The standard InChI is InChI=1S/C21H20N2O4S/c1-12-9-13(2)19-17(10-12)23(11-18(25)27-4)21(28-19)22-20(26)16-7-5-15(6-8-16)14(3)24/h5-10H,11H2,1-4H3. The number of Topliss-reactive ketones (excluding diaryl/α,β-unsaturated/α-hetero) is 1. The molecule has 0 saturated carbocycles. The van der Waals surface area contributed by atoms with Crippen molar-refractivity contribution in [3.63, 3.8) is 0 Å². The average molecular weight is 396 g/mol. The Bertz CT molecular complexity index is 1150. The zero-order chi connectivity index (χ0) is 20.4. The normalized spacial score (nSPS) is 11.6. The van der Waals surface area contributed by atoms with Crippen molar-refractivity contribution in [2.75, 3.05) is 7.11 Å². The van der Waals surface area contributed by atoms with Crippen molar-refractivity contribution < 1.29 is 19.1 Å². The minimum Gasteiger partial charge on any atom is -0.468 e. The van der Waals surface area contributed by atoms with Crippen LogP contribution in [0.4, 0.5) is 0 Å². The lowest BCUT2D eigenvalue weighted by Gasteiger charge is -2.05. The second-order valence-electron chi connectivity index (χ2n) is 6.53. The summed E-state index contributed by atoms with van der Waals surface area (Å²) in [5.74, 6) is -0.921. The SMILES string of the molecule is COC(=O)Cn1c(=NC(=O)c2ccc(C(C)=O)cc2)sc2c(C)cc(C)cc21. The average Bonchev–Trinajstić information content (AvgIpc) is 2.99. The van der Waals surface area contributed by atoms with Crippen molar-refractivity contribution in [1.82, 2.24) is 4.57 Å². The Morgan fingerprint density at radius 3 is 2.32 bits per heavy atom. The summed E-state index contributed by atoms with van der Waals surface area (Å²) >= 11 is 1.36. The highest BCUT2D eigenvalue weighted by Gasteiger charge is 2.14. The van der Waals surface area contributed by atoms with E-state index in [0.717, 1.165) is 21.3 Å². The molecule has 144 valence electrons. The number of hydrogen-bond donors (Lipinski definition) is 0. The molecule has 6 nitrogen and oxygen atoms in total. The van der Waals surface area contributed by atoms with Gasteiger partial charge in [-0.2, -0.15) is 4.99 Å². The molecule has 0 atom stereocenters. The molecule has 7 heteroatoms. The maximum absolute atomic E-state index is 12.7. The topological polar surface area (TPSA) is 77.7 Å². The van der Waals surface area contributed by atoms with E-state index in [1.165, 1.54) is 25.4 Å². The number of hydrogen-bond acceptors (Lipinski definition) is 5. The molecule has 0 N–H and O–H groups in total. The van der Waals surface area contributed by atoms with Crippen LogP contribution in [0.1, 0.15) is 38.8 Å². The largest absolute Gasteiger partial charge is 0.468 e. The number of carbonyl (C=O) groups is 3. The van der Waals surface area contributed by atoms with Crippen LogP contribution in [-0.4, -0.2) is 29.3 Å². The van der Waals surface area contributed by atoms with E-state index in [1.807, 2.05) is 26.0 Å². The number of esters is 1. The lowest BCUT2D eigenvalue weighted by Crippen LogP contribution is -2.22. The summed E-state index contributed by atoms with van der Waals surface area (Å²) in [6.45, 7) is 5.40. The molecule has 2 aromatic carbocycles. The predicted octanol–water partition coefficient (Wildman–Crippen LogP) is 3.44. The summed E-state index contributed by atoms with van der Waals surface area (Å²) in [4.78, 5) is 40.6. The maximum Gasteiger partial charge on any atom is 0.325 e. The zero-order valence-electron chi connectivity index (χ0n) is 16.1. The van der Waals surface area contributed by atoms with Gasteiger partial charge in [-0.15, -0.1) is 0 Å². The van der Waals surface area contributed by atoms with Crippen molar-refractivity contribution in [2.24, 2.45) is 4.99 Å². The highest BCUT2D eigenvalue weighted by atomic mass is 32.1. The van der Waals surface area contributed by atoms with Crippen LogP contribution >= 0.6 is 11.3 Å². The van der Waals surface area contributed by atoms with Gasteiger partial charge in [-0.3, -0.25) is 14.4 Å². The number of ether oxygens (including phenoxy) is 1. The van der Waals surface area contributed by atoms with E-state index in [-0.39, 0.29) is 12.3 Å². The number of rotatable bonds is 4. The van der Waals surface area contributed by atoms with Crippen LogP contribution < -0.4 is 4.80 Å². The van der Waals surface area contributed by atoms with Gasteiger partial charge in [0.25, 0.3) is 5.91 Å². The van der Waals surface area contributed by atoms with Crippen LogP contribution in [0.25, 0.3) is 10.2 Å². The van der Waals surface area contributed by atoms with Gasteiger partial charge in [0.1, 0.15) is 6.54 Å². The van der Waals surface area contributed by atoms with Gasteiger partial charge in [0.15, 0.2) is 10.6 Å². The van der Waals surface area contributed by atoms with Crippen LogP contribution in [0.5, 0.6) is 0 Å². The molecule has 0 aliphatic rings. The highest BCUT2D eigenvalue weighted by Crippen LogP contribution is 2.23. The van der Waals surface area contributed by atoms with E-state index >= 15 is 0 Å². The summed E-state index contributed by atoms with van der Waals surface area (Å²) in [6, 6.07) is 10.4. The number of nitrogens with zero attached hydrogens (tertiary/aromatic N) is 2. The van der Waals surface area contributed by atoms with Gasteiger partial charge in [-0.05, 0) is 50.1 Å². The number of benzene rings is 2. The summed E-state index contributed by atoms with van der Waals surface area (Å²) in [5.41, 5.74) is 3.86. The van der Waals surface area contributed by atoms with Crippen molar-refractivity contribution in [3.8, 4) is 0 Å². The molecule has 0 unspecified atom stereocenters. The first-order valence-corrected chi connectivity index (χ1v) is 9.49. The Hall–Kier alpha value is -3.06. The molecule has 0 aliphatic carbocycles. The van der Waals surface area contributed by atoms with Crippen LogP contribution in [0.15, 0.2) is 41.4 Å². The number of methoxy groups -OCH3 is 1. The molecule has 3 rings (SSSR count). The van der Waals surface area contributed by atoms with Crippen LogP contribution in [0.2, 0.25) is 0 Å². The first kappa shape index (κ1) is 19.7. The number of aromatic nitrogens is 1. The van der Waals surface area contributed by atoms with Crippen molar-refractivity contribution in [3.05, 3.63) is 63.5 Å². The van der Waals surface area contributed by atoms with E-state index < -0.39 is 11.9 Å². The second-order valence-corrected chi connectivity index (χ2v) is 7.50. The van der Waals surface area contributed by atoms with E-state index in [2.05, 4.69) is 4.99 Å². The van der Waals surface area contributed by atoms with E-state index in [9.17, 15) is 14.4 Å². The molecule has 0 spiro atoms. The highest BCUT2D eigenvalue weighted by molar-refractivity contribution is 7.16. The zero-order valence-corrected chi connectivity index (χ0v) is 16.9. The lowest BCUT2D eigenvalue weighted by molar-refractivity contribution is -0.141. The maximum atomic E-state index is 12.7. The lowest BCUT2D eigenvalue weighted by atomic mass is 10.1. The third-order valence-corrected chi connectivity index (χ3v) is 5.59. The van der Waals surface area contributed by atoms with Crippen LogP contribution in [0.3, 0.4) is 0 Å². The molecule has 1 aromatic heterocycles. The molecule has 0 radical (unpaired) electrons. The monoisotopic (exact) mass is 396 g/mol. The van der Waals surface area contributed by atoms with Gasteiger partial charge in [-0.25, -0.2) is 0 Å². The van der Waals surface area contributed by atoms with Gasteiger partial charge in [-0.1, -0.05) is 29.5 Å². The molecule has 0 fully saturated rings. The first-order chi connectivity index (χ1) is 13.3. The van der Waals surface area contributed by atoms with Gasteiger partial charge in [0.2, 0.25) is 0 Å². The summed E-state index contributed by atoms with van der Waals surface area (Å²) in [5, 5.41) is 0. The Labute approximate surface area is 166 Å². The first-order valence-electron chi connectivity index (χ1n) is 8.67. The Balaban J connectivity index is 2.13. The minimum absolute atomic E-state index is 0.0330. The third-order valence-electron chi connectivity index (χ3n) is 4.36. The molecule has 0 bridgehead atoms. The molecular formula is C21H20N2O4S. The van der Waals surface area contributed by atoms with Crippen molar-refractivity contribution in [1.29, 1.82) is 0 Å². The second kappa shape index (κ2) is 7.90. The fraction of sp³-hybridized carbons (Fsp3) is 0.238. The fourth-order valence-electron chi connectivity index (χ4n) is 2.94. The number of aryl methyl sites for hydroxylation is 2. The fourth-order valence-corrected chi connectivity index (χ4v) is 4.02. The van der Waals surface area contributed by atoms with E-state index in [4.69, 9.17) is 4.74 Å². The number of amides is 1. The number of ketones is 1. The summed E-state index contributed by atoms with van der Waals surface area (Å²) < 4.78 is 7.47. The van der Waals surface area contributed by atoms with Gasteiger partial charge in [0.05, 0.1) is 17.3 Å². The predicted molar refractivity (Wildman–Crippen MR) is 108 cm³/mol. The van der Waals surface area contributed by atoms with Gasteiger partial charge < -0.3 is 9.30 Å². The molecule has 28 heavy (non-hydrogen) atoms. The quantitative estimate of drug-likeness (QED) is 0.500. The summed E-state index contributed by atoms with van der Waals surface area (Å²) in [6.07, 6.45) is 0. The van der Waals surface area contributed by atoms with E-state index in [0.29, 0.717) is 15.9 Å². The van der Waals surface area contributed by atoms with Crippen molar-refractivity contribution >= 4 is 39.2 Å². The Kier molecular flexibility index (Phi) is 5.56. The number of carbonyl (C=O) groups excluding carboxylic acids is 3. The molecular weight excluding hydrogens is 376 g/mol. The summed E-state index contributed by atoms with van der Waals surface area (Å²) in [7, 11) is 1.33. The van der Waals surface area contributed by atoms with Gasteiger partial charge in [0, 0.05) is 11.1 Å².